The number of halogens is 2. The lowest BCUT2D eigenvalue weighted by Gasteiger charge is -2.33. The van der Waals surface area contributed by atoms with Crippen LogP contribution in [-0.4, -0.2) is 31.4 Å². The summed E-state index contributed by atoms with van der Waals surface area (Å²) in [6, 6.07) is 7.38. The van der Waals surface area contributed by atoms with E-state index in [0.29, 0.717) is 24.8 Å². The van der Waals surface area contributed by atoms with Crippen LogP contribution in [0.25, 0.3) is 0 Å². The highest BCUT2D eigenvalue weighted by molar-refractivity contribution is 9.09. The molecule has 1 aliphatic rings. The molecule has 1 aromatic rings. The van der Waals surface area contributed by atoms with Gasteiger partial charge in [-0.3, -0.25) is 0 Å². The summed E-state index contributed by atoms with van der Waals surface area (Å²) >= 11 is 9.34. The summed E-state index contributed by atoms with van der Waals surface area (Å²) in [6.45, 7) is 3.98. The standard InChI is InChI=1S/C14H18BrClO3/c1-14(6-7-15,13-17-8-9-18-13)10-19-12-4-2-11(16)3-5-12/h2-5,13H,6-10H2,1H3. The Morgan fingerprint density at radius 1 is 1.32 bits per heavy atom. The molecule has 0 N–H and O–H groups in total. The van der Waals surface area contributed by atoms with Gasteiger partial charge in [0.2, 0.25) is 0 Å². The van der Waals surface area contributed by atoms with Gasteiger partial charge in [0.15, 0.2) is 6.29 Å². The predicted molar refractivity (Wildman–Crippen MR) is 79.2 cm³/mol. The van der Waals surface area contributed by atoms with Gasteiger partial charge in [0.05, 0.1) is 25.2 Å². The molecule has 0 amide bonds. The summed E-state index contributed by atoms with van der Waals surface area (Å²) < 4.78 is 17.1. The number of benzene rings is 1. The molecule has 106 valence electrons. The van der Waals surface area contributed by atoms with Gasteiger partial charge in [-0.15, -0.1) is 0 Å². The lowest BCUT2D eigenvalue weighted by molar-refractivity contribution is -0.139. The van der Waals surface area contributed by atoms with Gasteiger partial charge in [-0.2, -0.15) is 0 Å². The van der Waals surface area contributed by atoms with Crippen molar-refractivity contribution in [3.63, 3.8) is 0 Å². The largest absolute Gasteiger partial charge is 0.493 e. The first-order valence-electron chi connectivity index (χ1n) is 6.31. The minimum absolute atomic E-state index is 0.167. The lowest BCUT2D eigenvalue weighted by Crippen LogP contribution is -2.39. The zero-order valence-electron chi connectivity index (χ0n) is 10.9. The maximum atomic E-state index is 5.85. The van der Waals surface area contributed by atoms with E-state index >= 15 is 0 Å². The molecule has 1 aliphatic heterocycles. The van der Waals surface area contributed by atoms with Crippen LogP contribution in [0.15, 0.2) is 24.3 Å². The zero-order valence-corrected chi connectivity index (χ0v) is 13.2. The Balaban J connectivity index is 1.97. The number of hydrogen-bond acceptors (Lipinski definition) is 3. The Kier molecular flexibility index (Phi) is 5.51. The smallest absolute Gasteiger partial charge is 0.166 e. The third-order valence-corrected chi connectivity index (χ3v) is 3.89. The minimum Gasteiger partial charge on any atom is -0.493 e. The van der Waals surface area contributed by atoms with E-state index in [2.05, 4.69) is 22.9 Å². The molecular formula is C14H18BrClO3. The summed E-state index contributed by atoms with van der Waals surface area (Å²) in [5.41, 5.74) is -0.167. The molecule has 0 bridgehead atoms. The first kappa shape index (κ1) is 15.1. The minimum atomic E-state index is -0.197. The highest BCUT2D eigenvalue weighted by Crippen LogP contribution is 2.33. The summed E-state index contributed by atoms with van der Waals surface area (Å²) in [7, 11) is 0. The van der Waals surface area contributed by atoms with E-state index in [-0.39, 0.29) is 11.7 Å². The molecule has 1 aromatic carbocycles. The van der Waals surface area contributed by atoms with Crippen molar-refractivity contribution in [2.24, 2.45) is 5.41 Å². The molecule has 0 aromatic heterocycles. The Hall–Kier alpha value is -0.290. The van der Waals surface area contributed by atoms with Crippen LogP contribution in [0.2, 0.25) is 5.02 Å². The molecule has 0 radical (unpaired) electrons. The number of ether oxygens (including phenoxy) is 3. The maximum Gasteiger partial charge on any atom is 0.166 e. The third-order valence-electron chi connectivity index (χ3n) is 3.24. The fourth-order valence-electron chi connectivity index (χ4n) is 2.01. The van der Waals surface area contributed by atoms with E-state index in [1.54, 1.807) is 0 Å². The second kappa shape index (κ2) is 6.93. The zero-order chi connectivity index (χ0) is 13.7. The molecule has 1 saturated heterocycles. The molecule has 1 unspecified atom stereocenters. The molecule has 0 spiro atoms. The topological polar surface area (TPSA) is 27.7 Å². The summed E-state index contributed by atoms with van der Waals surface area (Å²) in [5.74, 6) is 0.809. The summed E-state index contributed by atoms with van der Waals surface area (Å²) in [4.78, 5) is 0. The van der Waals surface area contributed by atoms with Crippen molar-refractivity contribution >= 4 is 27.5 Å². The van der Waals surface area contributed by atoms with E-state index in [0.717, 1.165) is 17.5 Å². The van der Waals surface area contributed by atoms with Crippen LogP contribution < -0.4 is 4.74 Å². The summed E-state index contributed by atoms with van der Waals surface area (Å²) in [6.07, 6.45) is 0.725. The molecule has 5 heteroatoms. The van der Waals surface area contributed by atoms with Crippen molar-refractivity contribution in [2.75, 3.05) is 25.2 Å². The first-order chi connectivity index (χ1) is 9.14. The van der Waals surface area contributed by atoms with Crippen LogP contribution in [0, 0.1) is 5.41 Å². The van der Waals surface area contributed by atoms with Crippen molar-refractivity contribution in [2.45, 2.75) is 19.6 Å². The van der Waals surface area contributed by atoms with Gasteiger partial charge in [-0.05, 0) is 30.7 Å². The van der Waals surface area contributed by atoms with Gasteiger partial charge in [0.1, 0.15) is 5.75 Å². The van der Waals surface area contributed by atoms with Crippen LogP contribution in [0.5, 0.6) is 5.75 Å². The van der Waals surface area contributed by atoms with Crippen LogP contribution in [0.1, 0.15) is 13.3 Å². The molecule has 2 rings (SSSR count). The molecule has 1 fully saturated rings. The fraction of sp³-hybridized carbons (Fsp3) is 0.571. The van der Waals surface area contributed by atoms with E-state index in [1.165, 1.54) is 0 Å². The molecule has 0 saturated carbocycles. The van der Waals surface area contributed by atoms with E-state index in [9.17, 15) is 0 Å². The Bertz CT molecular complexity index is 392. The fourth-order valence-corrected chi connectivity index (χ4v) is 3.05. The van der Waals surface area contributed by atoms with Gasteiger partial charge in [0.25, 0.3) is 0 Å². The normalized spacial score (nSPS) is 19.3. The average Bonchev–Trinajstić information content (AvgIpc) is 2.93. The molecule has 1 heterocycles. The van der Waals surface area contributed by atoms with Crippen molar-refractivity contribution in [1.82, 2.24) is 0 Å². The molecule has 19 heavy (non-hydrogen) atoms. The number of alkyl halides is 1. The number of hydrogen-bond donors (Lipinski definition) is 0. The SMILES string of the molecule is CC(CCBr)(COc1ccc(Cl)cc1)C1OCCO1. The van der Waals surface area contributed by atoms with Gasteiger partial charge >= 0.3 is 0 Å². The lowest BCUT2D eigenvalue weighted by atomic mass is 9.87. The van der Waals surface area contributed by atoms with E-state index < -0.39 is 0 Å². The van der Waals surface area contributed by atoms with Crippen LogP contribution in [0.4, 0.5) is 0 Å². The molecular weight excluding hydrogens is 332 g/mol. The number of rotatable bonds is 6. The maximum absolute atomic E-state index is 5.85. The monoisotopic (exact) mass is 348 g/mol. The van der Waals surface area contributed by atoms with Gasteiger partial charge in [-0.25, -0.2) is 0 Å². The van der Waals surface area contributed by atoms with Gasteiger partial charge in [0, 0.05) is 10.4 Å². The van der Waals surface area contributed by atoms with Crippen LogP contribution in [0.3, 0.4) is 0 Å². The molecule has 1 atom stereocenters. The van der Waals surface area contributed by atoms with Gasteiger partial charge in [-0.1, -0.05) is 34.5 Å². The first-order valence-corrected chi connectivity index (χ1v) is 7.81. The van der Waals surface area contributed by atoms with E-state index in [4.69, 9.17) is 25.8 Å². The summed E-state index contributed by atoms with van der Waals surface area (Å²) in [5, 5.41) is 1.59. The molecule has 3 nitrogen and oxygen atoms in total. The quantitative estimate of drug-likeness (QED) is 0.729. The molecule has 0 aliphatic carbocycles. The van der Waals surface area contributed by atoms with Gasteiger partial charge < -0.3 is 14.2 Å². The van der Waals surface area contributed by atoms with Crippen molar-refractivity contribution in [3.8, 4) is 5.75 Å². The van der Waals surface area contributed by atoms with Crippen molar-refractivity contribution in [1.29, 1.82) is 0 Å². The Labute approximate surface area is 127 Å². The average molecular weight is 350 g/mol. The highest BCUT2D eigenvalue weighted by atomic mass is 79.9. The van der Waals surface area contributed by atoms with Crippen LogP contribution >= 0.6 is 27.5 Å². The second-order valence-corrected chi connectivity index (χ2v) is 6.14. The Morgan fingerprint density at radius 2 is 1.95 bits per heavy atom. The highest BCUT2D eigenvalue weighted by Gasteiger charge is 2.38. The third kappa shape index (κ3) is 4.09. The predicted octanol–water partition coefficient (Wildman–Crippen LogP) is 3.88. The van der Waals surface area contributed by atoms with Crippen molar-refractivity contribution in [3.05, 3.63) is 29.3 Å². The van der Waals surface area contributed by atoms with Crippen molar-refractivity contribution < 1.29 is 14.2 Å². The Morgan fingerprint density at radius 3 is 2.53 bits per heavy atom. The second-order valence-electron chi connectivity index (χ2n) is 4.91. The van der Waals surface area contributed by atoms with E-state index in [1.807, 2.05) is 24.3 Å². The van der Waals surface area contributed by atoms with Crippen LogP contribution in [-0.2, 0) is 9.47 Å².